The molecule has 2 aromatic carbocycles. The molecule has 36 heavy (non-hydrogen) atoms. The summed E-state index contributed by atoms with van der Waals surface area (Å²) in [6, 6.07) is 10.7. The monoisotopic (exact) mass is 537 g/mol. The fourth-order valence-electron chi connectivity index (χ4n) is 3.90. The van der Waals surface area contributed by atoms with Crippen LogP contribution in [0.1, 0.15) is 44.8 Å². The third-order valence-corrected chi connectivity index (χ3v) is 7.84. The van der Waals surface area contributed by atoms with Crippen LogP contribution in [-0.2, 0) is 33.9 Å². The van der Waals surface area contributed by atoms with Crippen molar-refractivity contribution in [3.8, 4) is 0 Å². The number of allylic oxidation sites excluding steroid dienone is 1. The molecule has 0 saturated carbocycles. The number of ether oxygens (including phenoxy) is 2. The van der Waals surface area contributed by atoms with Crippen molar-refractivity contribution >= 4 is 45.2 Å². The summed E-state index contributed by atoms with van der Waals surface area (Å²) >= 11 is 6.21. The number of nitrogens with zero attached hydrogens (tertiary/aromatic N) is 1. The zero-order chi connectivity index (χ0) is 26.5. The van der Waals surface area contributed by atoms with E-state index in [1.165, 1.54) is 18.2 Å². The first kappa shape index (κ1) is 27.3. The summed E-state index contributed by atoms with van der Waals surface area (Å²) in [6.45, 7) is 2.69. The van der Waals surface area contributed by atoms with Gasteiger partial charge >= 0.3 is 11.9 Å². The van der Waals surface area contributed by atoms with E-state index in [0.29, 0.717) is 17.1 Å². The summed E-state index contributed by atoms with van der Waals surface area (Å²) in [5, 5.41) is -1.80. The standard InChI is InChI=1S/C25H25ClFNO7S/c1-3-34-25(31)19-11-7-8-12-22(19)36(32,33)28(21-14-13-18(27)15-20(21)26)24(30)23(35-16(2)29)17-9-5-4-6-10-17/h4-6,9-11,13-15,22-23H,3,7-8,12H2,1-2H3/t22-,23+/m0/s1. The maximum absolute atomic E-state index is 14.1. The Hall–Kier alpha value is -3.24. The summed E-state index contributed by atoms with van der Waals surface area (Å²) in [7, 11) is -4.70. The van der Waals surface area contributed by atoms with E-state index in [1.54, 1.807) is 25.1 Å². The number of rotatable bonds is 8. The van der Waals surface area contributed by atoms with Crippen molar-refractivity contribution in [2.24, 2.45) is 0 Å². The van der Waals surface area contributed by atoms with Crippen molar-refractivity contribution in [3.05, 3.63) is 76.6 Å². The van der Waals surface area contributed by atoms with Gasteiger partial charge in [-0.2, -0.15) is 0 Å². The Morgan fingerprint density at radius 1 is 1.17 bits per heavy atom. The number of hydrogen-bond acceptors (Lipinski definition) is 7. The van der Waals surface area contributed by atoms with E-state index >= 15 is 0 Å². The Bertz CT molecular complexity index is 1280. The van der Waals surface area contributed by atoms with E-state index in [1.807, 2.05) is 0 Å². The Labute approximate surface area is 213 Å². The van der Waals surface area contributed by atoms with Crippen LogP contribution in [0.3, 0.4) is 0 Å². The molecule has 0 bridgehead atoms. The second-order valence-corrected chi connectivity index (χ2v) is 10.3. The maximum atomic E-state index is 14.1. The molecule has 1 aliphatic rings. The van der Waals surface area contributed by atoms with Gasteiger partial charge in [-0.15, -0.1) is 0 Å². The van der Waals surface area contributed by atoms with Gasteiger partial charge < -0.3 is 9.47 Å². The molecule has 0 N–H and O–H groups in total. The molecular weight excluding hydrogens is 513 g/mol. The first-order chi connectivity index (χ1) is 17.1. The SMILES string of the molecule is CCOC(=O)C1=CCCC[C@@H]1S(=O)(=O)N(C(=O)[C@H](OC(C)=O)c1ccccc1)c1ccc(F)cc1Cl. The van der Waals surface area contributed by atoms with Crippen LogP contribution in [0.5, 0.6) is 0 Å². The van der Waals surface area contributed by atoms with Gasteiger partial charge in [-0.3, -0.25) is 9.59 Å². The van der Waals surface area contributed by atoms with Gasteiger partial charge in [0.25, 0.3) is 5.91 Å². The van der Waals surface area contributed by atoms with Crippen LogP contribution in [0.2, 0.25) is 5.02 Å². The van der Waals surface area contributed by atoms with E-state index in [-0.39, 0.29) is 34.9 Å². The largest absolute Gasteiger partial charge is 0.463 e. The van der Waals surface area contributed by atoms with Crippen molar-refractivity contribution in [3.63, 3.8) is 0 Å². The molecular formula is C25H25ClFNO7S. The van der Waals surface area contributed by atoms with Gasteiger partial charge in [-0.1, -0.05) is 48.0 Å². The molecule has 0 heterocycles. The second-order valence-electron chi connectivity index (χ2n) is 7.94. The number of amides is 1. The highest BCUT2D eigenvalue weighted by atomic mass is 35.5. The topological polar surface area (TPSA) is 107 Å². The van der Waals surface area contributed by atoms with Crippen LogP contribution in [0.25, 0.3) is 0 Å². The average molecular weight is 538 g/mol. The van der Waals surface area contributed by atoms with Gasteiger partial charge in [0.1, 0.15) is 11.1 Å². The quantitative estimate of drug-likeness (QED) is 0.457. The van der Waals surface area contributed by atoms with E-state index in [9.17, 15) is 27.2 Å². The Kier molecular flexibility index (Phi) is 8.86. The molecule has 2 atom stereocenters. The average Bonchev–Trinajstić information content (AvgIpc) is 2.84. The first-order valence-electron chi connectivity index (χ1n) is 11.2. The van der Waals surface area contributed by atoms with Crippen LogP contribution in [0.15, 0.2) is 60.2 Å². The highest BCUT2D eigenvalue weighted by molar-refractivity contribution is 7.94. The summed E-state index contributed by atoms with van der Waals surface area (Å²) in [6.07, 6.45) is 0.723. The zero-order valence-corrected chi connectivity index (χ0v) is 21.2. The van der Waals surface area contributed by atoms with Crippen LogP contribution in [0.4, 0.5) is 10.1 Å². The number of carbonyl (C=O) groups is 3. The lowest BCUT2D eigenvalue weighted by Gasteiger charge is -2.32. The Morgan fingerprint density at radius 2 is 1.86 bits per heavy atom. The third kappa shape index (κ3) is 5.93. The van der Waals surface area contributed by atoms with Crippen molar-refractivity contribution in [2.45, 2.75) is 44.5 Å². The van der Waals surface area contributed by atoms with Crippen LogP contribution in [0, 0.1) is 5.82 Å². The lowest BCUT2D eigenvalue weighted by atomic mass is 9.99. The molecule has 192 valence electrons. The molecule has 0 fully saturated rings. The molecule has 8 nitrogen and oxygen atoms in total. The smallest absolute Gasteiger partial charge is 0.335 e. The maximum Gasteiger partial charge on any atom is 0.335 e. The summed E-state index contributed by atoms with van der Waals surface area (Å²) < 4.78 is 52.7. The van der Waals surface area contributed by atoms with Gasteiger partial charge in [0, 0.05) is 12.5 Å². The number of sulfonamides is 1. The highest BCUT2D eigenvalue weighted by Crippen LogP contribution is 2.37. The number of halogens is 2. The van der Waals surface area contributed by atoms with Gasteiger partial charge in [-0.25, -0.2) is 21.9 Å². The predicted molar refractivity (Wildman–Crippen MR) is 131 cm³/mol. The van der Waals surface area contributed by atoms with E-state index in [0.717, 1.165) is 25.1 Å². The minimum absolute atomic E-state index is 0.0257. The molecule has 3 rings (SSSR count). The van der Waals surface area contributed by atoms with Crippen molar-refractivity contribution in [1.82, 2.24) is 0 Å². The van der Waals surface area contributed by atoms with E-state index < -0.39 is 45.0 Å². The molecule has 0 aromatic heterocycles. The number of carbonyl (C=O) groups excluding carboxylic acids is 3. The molecule has 0 aliphatic heterocycles. The van der Waals surface area contributed by atoms with Crippen molar-refractivity contribution < 1.29 is 36.7 Å². The fraction of sp³-hybridized carbons (Fsp3) is 0.320. The molecule has 0 radical (unpaired) electrons. The molecule has 2 aromatic rings. The number of anilines is 1. The second kappa shape index (κ2) is 11.7. The van der Waals surface area contributed by atoms with Gasteiger partial charge in [0.15, 0.2) is 0 Å². The summed E-state index contributed by atoms with van der Waals surface area (Å²) in [4.78, 5) is 38.4. The molecule has 0 unspecified atom stereocenters. The lowest BCUT2D eigenvalue weighted by Crippen LogP contribution is -2.48. The Balaban J connectivity index is 2.20. The first-order valence-corrected chi connectivity index (χ1v) is 13.1. The molecule has 1 amide bonds. The lowest BCUT2D eigenvalue weighted by molar-refractivity contribution is -0.153. The molecule has 1 aliphatic carbocycles. The Morgan fingerprint density at radius 3 is 2.47 bits per heavy atom. The number of hydrogen-bond donors (Lipinski definition) is 0. The van der Waals surface area contributed by atoms with E-state index in [2.05, 4.69) is 0 Å². The van der Waals surface area contributed by atoms with Gasteiger partial charge in [0.2, 0.25) is 16.1 Å². The summed E-state index contributed by atoms with van der Waals surface area (Å²) in [5.74, 6) is -3.55. The molecule has 11 heteroatoms. The molecule has 0 saturated heterocycles. The zero-order valence-electron chi connectivity index (χ0n) is 19.6. The van der Waals surface area contributed by atoms with Crippen LogP contribution in [-0.4, -0.2) is 38.1 Å². The summed E-state index contributed by atoms with van der Waals surface area (Å²) in [5.41, 5.74) is -0.242. The predicted octanol–water partition coefficient (Wildman–Crippen LogP) is 4.49. The van der Waals surface area contributed by atoms with E-state index in [4.69, 9.17) is 21.1 Å². The fourth-order valence-corrected chi connectivity index (χ4v) is 6.22. The van der Waals surface area contributed by atoms with Crippen molar-refractivity contribution in [2.75, 3.05) is 10.9 Å². The number of benzene rings is 2. The minimum atomic E-state index is -4.70. The highest BCUT2D eigenvalue weighted by Gasteiger charge is 2.45. The van der Waals surface area contributed by atoms with Crippen LogP contribution >= 0.6 is 11.6 Å². The number of esters is 2. The van der Waals surface area contributed by atoms with Crippen molar-refractivity contribution in [1.29, 1.82) is 0 Å². The minimum Gasteiger partial charge on any atom is -0.463 e. The third-order valence-electron chi connectivity index (χ3n) is 5.45. The molecule has 0 spiro atoms. The van der Waals surface area contributed by atoms with Gasteiger partial charge in [-0.05, 0) is 44.4 Å². The van der Waals surface area contributed by atoms with Crippen LogP contribution < -0.4 is 4.31 Å². The van der Waals surface area contributed by atoms with Gasteiger partial charge in [0.05, 0.1) is 22.9 Å². The normalized spacial score (nSPS) is 16.4.